The quantitative estimate of drug-likeness (QED) is 0.363. The van der Waals surface area contributed by atoms with Crippen molar-refractivity contribution in [2.75, 3.05) is 36.5 Å². The highest BCUT2D eigenvalue weighted by Gasteiger charge is 2.27. The van der Waals surface area contributed by atoms with Crippen molar-refractivity contribution in [2.45, 2.75) is 65.5 Å². The van der Waals surface area contributed by atoms with Crippen LogP contribution in [0.25, 0.3) is 11.4 Å². The third-order valence-corrected chi connectivity index (χ3v) is 8.94. The van der Waals surface area contributed by atoms with E-state index in [0.717, 1.165) is 61.3 Å². The summed E-state index contributed by atoms with van der Waals surface area (Å²) in [5, 5.41) is 0. The number of nitrogens with zero attached hydrogens (tertiary/aromatic N) is 4. The highest BCUT2D eigenvalue weighted by atomic mass is 32.2. The molecule has 0 bridgehead atoms. The van der Waals surface area contributed by atoms with Crippen molar-refractivity contribution in [3.8, 4) is 11.4 Å². The summed E-state index contributed by atoms with van der Waals surface area (Å²) in [6.07, 6.45) is 5.65. The summed E-state index contributed by atoms with van der Waals surface area (Å²) in [4.78, 5) is 15.6. The van der Waals surface area contributed by atoms with Gasteiger partial charge >= 0.3 is 0 Å². The Bertz CT molecular complexity index is 1180. The Morgan fingerprint density at radius 1 is 0.972 bits per heavy atom. The fourth-order valence-corrected chi connectivity index (χ4v) is 6.89. The molecule has 36 heavy (non-hydrogen) atoms. The average molecular weight is 501 g/mol. The van der Waals surface area contributed by atoms with Gasteiger partial charge in [0, 0.05) is 54.0 Å². The molecule has 0 amide bonds. The molecule has 2 aromatic carbocycles. The van der Waals surface area contributed by atoms with Crippen LogP contribution in [0.1, 0.15) is 66.2 Å². The number of hydrogen-bond acceptors (Lipinski definition) is 5. The van der Waals surface area contributed by atoms with E-state index in [9.17, 15) is 0 Å². The standard InChI is InChI=1S/C31H40N4S/c1-5-23-12-9-13-24(6-2)29(23)30-32-22(3)27(31(33-30)35-17-19-36-20-18-35)21-34(4)28-16-10-14-25-11-7-8-15-26(25)28/h7-9,11-13,15,28H,5-6,10,14,16-21H2,1-4H3. The zero-order chi connectivity index (χ0) is 25.1. The zero-order valence-electron chi connectivity index (χ0n) is 22.4. The molecule has 5 rings (SSSR count). The van der Waals surface area contributed by atoms with Crippen LogP contribution in [0.2, 0.25) is 0 Å². The van der Waals surface area contributed by atoms with Crippen molar-refractivity contribution >= 4 is 17.6 Å². The molecule has 0 radical (unpaired) electrons. The van der Waals surface area contributed by atoms with Gasteiger partial charge in [0.25, 0.3) is 0 Å². The SMILES string of the molecule is CCc1cccc(CC)c1-c1nc(C)c(CN(C)C2CCCc3ccccc32)c(N2CCSCC2)n1. The number of anilines is 1. The minimum absolute atomic E-state index is 0.450. The van der Waals surface area contributed by atoms with Crippen LogP contribution in [0.3, 0.4) is 0 Å². The molecule has 1 aliphatic carbocycles. The normalized spacial score (nSPS) is 17.9. The highest BCUT2D eigenvalue weighted by molar-refractivity contribution is 7.99. The summed E-state index contributed by atoms with van der Waals surface area (Å²) in [6, 6.07) is 16.1. The summed E-state index contributed by atoms with van der Waals surface area (Å²) >= 11 is 2.05. The van der Waals surface area contributed by atoms with E-state index in [4.69, 9.17) is 9.97 Å². The molecule has 1 fully saturated rings. The van der Waals surface area contributed by atoms with Crippen molar-refractivity contribution in [1.82, 2.24) is 14.9 Å². The zero-order valence-corrected chi connectivity index (χ0v) is 23.2. The lowest BCUT2D eigenvalue weighted by Gasteiger charge is -2.35. The minimum Gasteiger partial charge on any atom is -0.355 e. The molecule has 2 heterocycles. The monoisotopic (exact) mass is 500 g/mol. The molecule has 190 valence electrons. The maximum Gasteiger partial charge on any atom is 0.162 e. The number of benzene rings is 2. The number of hydrogen-bond donors (Lipinski definition) is 0. The average Bonchev–Trinajstić information content (AvgIpc) is 2.93. The molecule has 0 spiro atoms. The molecule has 1 atom stereocenters. The lowest BCUT2D eigenvalue weighted by atomic mass is 9.87. The van der Waals surface area contributed by atoms with Crippen LogP contribution in [0.4, 0.5) is 5.82 Å². The van der Waals surface area contributed by atoms with E-state index in [2.05, 4.69) is 80.1 Å². The van der Waals surface area contributed by atoms with Crippen molar-refractivity contribution in [1.29, 1.82) is 0 Å². The predicted molar refractivity (Wildman–Crippen MR) is 154 cm³/mol. The molecule has 1 saturated heterocycles. The molecule has 0 N–H and O–H groups in total. The van der Waals surface area contributed by atoms with Crippen molar-refractivity contribution in [3.63, 3.8) is 0 Å². The molecule has 4 nitrogen and oxygen atoms in total. The van der Waals surface area contributed by atoms with Crippen LogP contribution in [0, 0.1) is 6.92 Å². The molecular weight excluding hydrogens is 460 g/mol. The van der Waals surface area contributed by atoms with Gasteiger partial charge in [-0.05, 0) is 68.3 Å². The molecule has 3 aromatic rings. The number of thioether (sulfide) groups is 1. The Hall–Kier alpha value is -2.37. The van der Waals surface area contributed by atoms with E-state index in [0.29, 0.717) is 6.04 Å². The lowest BCUT2D eigenvalue weighted by molar-refractivity contribution is 0.212. The van der Waals surface area contributed by atoms with Crippen LogP contribution in [0.5, 0.6) is 0 Å². The fourth-order valence-electron chi connectivity index (χ4n) is 5.99. The molecule has 1 aliphatic heterocycles. The van der Waals surface area contributed by atoms with Gasteiger partial charge in [0.1, 0.15) is 5.82 Å². The number of rotatable bonds is 7. The number of aromatic nitrogens is 2. The van der Waals surface area contributed by atoms with E-state index < -0.39 is 0 Å². The van der Waals surface area contributed by atoms with Crippen LogP contribution in [0.15, 0.2) is 42.5 Å². The van der Waals surface area contributed by atoms with Gasteiger partial charge in [-0.1, -0.05) is 56.3 Å². The van der Waals surface area contributed by atoms with Gasteiger partial charge in [0.05, 0.1) is 0 Å². The van der Waals surface area contributed by atoms with Crippen molar-refractivity contribution in [2.24, 2.45) is 0 Å². The summed E-state index contributed by atoms with van der Waals surface area (Å²) < 4.78 is 0. The second-order valence-corrected chi connectivity index (χ2v) is 11.4. The van der Waals surface area contributed by atoms with Crippen LogP contribution in [-0.4, -0.2) is 46.5 Å². The lowest BCUT2D eigenvalue weighted by Crippen LogP contribution is -2.35. The second kappa shape index (κ2) is 11.4. The topological polar surface area (TPSA) is 32.3 Å². The first-order chi connectivity index (χ1) is 17.6. The first-order valence-corrected chi connectivity index (χ1v) is 14.9. The van der Waals surface area contributed by atoms with E-state index in [1.807, 2.05) is 11.8 Å². The van der Waals surface area contributed by atoms with Gasteiger partial charge in [0.2, 0.25) is 0 Å². The Morgan fingerprint density at radius 3 is 2.42 bits per heavy atom. The van der Waals surface area contributed by atoms with Crippen molar-refractivity contribution < 1.29 is 0 Å². The van der Waals surface area contributed by atoms with Crippen molar-refractivity contribution in [3.05, 3.63) is 76.0 Å². The predicted octanol–water partition coefficient (Wildman–Crippen LogP) is 6.64. The van der Waals surface area contributed by atoms with E-state index in [1.165, 1.54) is 52.6 Å². The van der Waals surface area contributed by atoms with Gasteiger partial charge in [-0.2, -0.15) is 11.8 Å². The number of fused-ring (bicyclic) bond motifs is 1. The van der Waals surface area contributed by atoms with Crippen LogP contribution in [-0.2, 0) is 25.8 Å². The highest BCUT2D eigenvalue weighted by Crippen LogP contribution is 2.37. The van der Waals surface area contributed by atoms with Crippen LogP contribution >= 0.6 is 11.8 Å². The molecular formula is C31H40N4S. The summed E-state index contributed by atoms with van der Waals surface area (Å²) in [5.41, 5.74) is 9.37. The van der Waals surface area contributed by atoms with Gasteiger partial charge in [-0.15, -0.1) is 0 Å². The van der Waals surface area contributed by atoms with Crippen LogP contribution < -0.4 is 4.90 Å². The molecule has 5 heteroatoms. The third-order valence-electron chi connectivity index (χ3n) is 8.00. The largest absolute Gasteiger partial charge is 0.355 e. The first-order valence-electron chi connectivity index (χ1n) is 13.7. The Morgan fingerprint density at radius 2 is 1.69 bits per heavy atom. The van der Waals surface area contributed by atoms with Gasteiger partial charge < -0.3 is 4.90 Å². The third kappa shape index (κ3) is 5.05. The van der Waals surface area contributed by atoms with Gasteiger partial charge in [-0.3, -0.25) is 4.90 Å². The molecule has 1 aromatic heterocycles. The Balaban J connectivity index is 1.56. The van der Waals surface area contributed by atoms with E-state index in [1.54, 1.807) is 0 Å². The number of aryl methyl sites for hydroxylation is 4. The minimum atomic E-state index is 0.450. The van der Waals surface area contributed by atoms with E-state index >= 15 is 0 Å². The Labute approximate surface area is 221 Å². The summed E-state index contributed by atoms with van der Waals surface area (Å²) in [6.45, 7) is 9.66. The molecule has 0 saturated carbocycles. The maximum absolute atomic E-state index is 5.37. The smallest absolute Gasteiger partial charge is 0.162 e. The fraction of sp³-hybridized carbons (Fsp3) is 0.484. The summed E-state index contributed by atoms with van der Waals surface area (Å²) in [7, 11) is 2.29. The second-order valence-electron chi connectivity index (χ2n) is 10.2. The van der Waals surface area contributed by atoms with E-state index in [-0.39, 0.29) is 0 Å². The summed E-state index contributed by atoms with van der Waals surface area (Å²) in [5.74, 6) is 4.39. The molecule has 1 unspecified atom stereocenters. The first kappa shape index (κ1) is 25.3. The van der Waals surface area contributed by atoms with Gasteiger partial charge in [-0.25, -0.2) is 9.97 Å². The molecule has 2 aliphatic rings. The maximum atomic E-state index is 5.37. The Kier molecular flexibility index (Phi) is 7.97. The van der Waals surface area contributed by atoms with Gasteiger partial charge in [0.15, 0.2) is 5.82 Å².